The third kappa shape index (κ3) is 2.47. The fraction of sp³-hybridized carbons (Fsp3) is 0.619. The van der Waals surface area contributed by atoms with Crippen LogP contribution in [0.2, 0.25) is 0 Å². The molecule has 0 amide bonds. The molecule has 0 saturated heterocycles. The van der Waals surface area contributed by atoms with Crippen molar-refractivity contribution in [3.05, 3.63) is 30.3 Å². The Kier molecular flexibility index (Phi) is 3.66. The molecule has 0 aliphatic heterocycles. The summed E-state index contributed by atoms with van der Waals surface area (Å²) >= 11 is 0. The third-order valence-corrected chi connectivity index (χ3v) is 6.59. The highest BCUT2D eigenvalue weighted by atomic mass is 16.5. The van der Waals surface area contributed by atoms with E-state index in [1.807, 2.05) is 19.1 Å². The lowest BCUT2D eigenvalue weighted by atomic mass is 9.50. The van der Waals surface area contributed by atoms with Gasteiger partial charge in [0.05, 0.1) is 6.61 Å². The molecule has 2 nitrogen and oxygen atoms in total. The lowest BCUT2D eigenvalue weighted by Crippen LogP contribution is -2.59. The molecule has 4 saturated carbocycles. The van der Waals surface area contributed by atoms with Crippen molar-refractivity contribution >= 4 is 6.08 Å². The highest BCUT2D eigenvalue weighted by Gasteiger charge is 2.56. The summed E-state index contributed by atoms with van der Waals surface area (Å²) in [7, 11) is 0. The molecule has 0 unspecified atom stereocenters. The van der Waals surface area contributed by atoms with Gasteiger partial charge in [0.1, 0.15) is 5.60 Å². The molecule has 1 aromatic carbocycles. The van der Waals surface area contributed by atoms with Gasteiger partial charge >= 0.3 is 0 Å². The van der Waals surface area contributed by atoms with Crippen molar-refractivity contribution in [3.8, 4) is 11.5 Å². The molecule has 4 bridgehead atoms. The van der Waals surface area contributed by atoms with Crippen LogP contribution in [-0.2, 0) is 0 Å². The molecule has 5 rings (SSSR count). The lowest BCUT2D eigenvalue weighted by Gasteiger charge is -2.59. The van der Waals surface area contributed by atoms with E-state index in [4.69, 9.17) is 9.47 Å². The average Bonchev–Trinajstić information content (AvgIpc) is 2.54. The molecule has 2 heteroatoms. The summed E-state index contributed by atoms with van der Waals surface area (Å²) in [5.74, 6) is 5.12. The van der Waals surface area contributed by atoms with Gasteiger partial charge in [-0.25, -0.2) is 0 Å². The highest BCUT2D eigenvalue weighted by Crippen LogP contribution is 2.59. The first-order valence-corrected chi connectivity index (χ1v) is 9.20. The number of benzene rings is 1. The van der Waals surface area contributed by atoms with Crippen LogP contribution in [0.15, 0.2) is 24.8 Å². The van der Waals surface area contributed by atoms with Gasteiger partial charge < -0.3 is 9.47 Å². The monoisotopic (exact) mass is 312 g/mol. The summed E-state index contributed by atoms with van der Waals surface area (Å²) in [6.45, 7) is 8.89. The van der Waals surface area contributed by atoms with Crippen molar-refractivity contribution < 1.29 is 9.47 Å². The molecular weight excluding hydrogens is 284 g/mol. The quantitative estimate of drug-likeness (QED) is 0.732. The van der Waals surface area contributed by atoms with Crippen LogP contribution >= 0.6 is 0 Å². The van der Waals surface area contributed by atoms with Gasteiger partial charge in [0.25, 0.3) is 0 Å². The summed E-state index contributed by atoms with van der Waals surface area (Å²) in [4.78, 5) is 0. The van der Waals surface area contributed by atoms with E-state index >= 15 is 0 Å². The maximum absolute atomic E-state index is 6.70. The average molecular weight is 312 g/mol. The molecule has 0 radical (unpaired) electrons. The normalized spacial score (nSPS) is 37.7. The van der Waals surface area contributed by atoms with E-state index in [0.29, 0.717) is 18.4 Å². The van der Waals surface area contributed by atoms with Crippen LogP contribution in [0.3, 0.4) is 0 Å². The minimum atomic E-state index is -0.0189. The smallest absolute Gasteiger partial charge is 0.162 e. The molecule has 0 atom stereocenters. The standard InChI is InChI=1S/C21H28O2/c1-4-14-6-7-19(20(13-14)22-5-2)23-21(3)17-9-15-8-16(11-17)12-18(21)10-15/h4,6-7,13,15-18H,1,5,8-12H2,2-3H3. The summed E-state index contributed by atoms with van der Waals surface area (Å²) < 4.78 is 12.5. The number of hydrogen-bond acceptors (Lipinski definition) is 2. The van der Waals surface area contributed by atoms with E-state index in [9.17, 15) is 0 Å². The summed E-state index contributed by atoms with van der Waals surface area (Å²) in [6, 6.07) is 6.19. The maximum Gasteiger partial charge on any atom is 0.162 e. The van der Waals surface area contributed by atoms with Gasteiger partial charge in [-0.1, -0.05) is 18.7 Å². The largest absolute Gasteiger partial charge is 0.490 e. The molecule has 0 aromatic heterocycles. The maximum atomic E-state index is 6.70. The van der Waals surface area contributed by atoms with Crippen LogP contribution in [0.5, 0.6) is 11.5 Å². The SMILES string of the molecule is C=Cc1ccc(OC2(C)C3CC4CC(C3)CC2C4)c(OCC)c1. The van der Waals surface area contributed by atoms with Gasteiger partial charge in [0.2, 0.25) is 0 Å². The van der Waals surface area contributed by atoms with Crippen LogP contribution in [0.25, 0.3) is 6.08 Å². The molecule has 0 heterocycles. The van der Waals surface area contributed by atoms with Gasteiger partial charge in [-0.05, 0) is 87.3 Å². The molecule has 1 aromatic rings. The van der Waals surface area contributed by atoms with E-state index in [1.165, 1.54) is 32.1 Å². The Morgan fingerprint density at radius 2 is 1.74 bits per heavy atom. The second-order valence-electron chi connectivity index (χ2n) is 7.93. The Balaban J connectivity index is 1.63. The zero-order valence-electron chi connectivity index (χ0n) is 14.4. The van der Waals surface area contributed by atoms with Gasteiger partial charge in [0.15, 0.2) is 11.5 Å². The molecule has 0 N–H and O–H groups in total. The molecule has 0 spiro atoms. The van der Waals surface area contributed by atoms with Crippen LogP contribution in [0, 0.1) is 23.7 Å². The Morgan fingerprint density at radius 1 is 1.09 bits per heavy atom. The topological polar surface area (TPSA) is 18.5 Å². The Bertz CT molecular complexity index is 576. The molecule has 4 aliphatic rings. The Labute approximate surface area is 139 Å². The first-order chi connectivity index (χ1) is 11.1. The van der Waals surface area contributed by atoms with E-state index in [-0.39, 0.29) is 5.60 Å². The van der Waals surface area contributed by atoms with E-state index in [2.05, 4.69) is 25.6 Å². The van der Waals surface area contributed by atoms with Crippen molar-refractivity contribution in [1.82, 2.24) is 0 Å². The third-order valence-electron chi connectivity index (χ3n) is 6.59. The first-order valence-electron chi connectivity index (χ1n) is 9.20. The van der Waals surface area contributed by atoms with Gasteiger partial charge in [-0.3, -0.25) is 0 Å². The Morgan fingerprint density at radius 3 is 2.30 bits per heavy atom. The fourth-order valence-electron chi connectivity index (χ4n) is 5.53. The highest BCUT2D eigenvalue weighted by molar-refractivity contribution is 5.54. The van der Waals surface area contributed by atoms with E-state index in [0.717, 1.165) is 28.9 Å². The van der Waals surface area contributed by atoms with Gasteiger partial charge in [-0.2, -0.15) is 0 Å². The summed E-state index contributed by atoms with van der Waals surface area (Å²) in [5, 5.41) is 0. The van der Waals surface area contributed by atoms with Crippen LogP contribution in [0.4, 0.5) is 0 Å². The van der Waals surface area contributed by atoms with E-state index < -0.39 is 0 Å². The van der Waals surface area contributed by atoms with Crippen LogP contribution in [-0.4, -0.2) is 12.2 Å². The predicted molar refractivity (Wildman–Crippen MR) is 93.8 cm³/mol. The minimum Gasteiger partial charge on any atom is -0.490 e. The zero-order chi connectivity index (χ0) is 16.0. The van der Waals surface area contributed by atoms with Crippen molar-refractivity contribution in [2.45, 2.75) is 51.6 Å². The number of ether oxygens (including phenoxy) is 2. The van der Waals surface area contributed by atoms with Crippen molar-refractivity contribution in [3.63, 3.8) is 0 Å². The van der Waals surface area contributed by atoms with Crippen LogP contribution in [0.1, 0.15) is 51.5 Å². The Hall–Kier alpha value is -1.44. The number of hydrogen-bond donors (Lipinski definition) is 0. The summed E-state index contributed by atoms with van der Waals surface area (Å²) in [5.41, 5.74) is 1.06. The van der Waals surface area contributed by atoms with E-state index in [1.54, 1.807) is 0 Å². The first kappa shape index (κ1) is 15.1. The minimum absolute atomic E-state index is 0.0189. The second kappa shape index (κ2) is 5.58. The van der Waals surface area contributed by atoms with Crippen molar-refractivity contribution in [2.24, 2.45) is 23.7 Å². The molecule has 124 valence electrons. The lowest BCUT2D eigenvalue weighted by molar-refractivity contribution is -0.146. The van der Waals surface area contributed by atoms with Crippen LogP contribution < -0.4 is 9.47 Å². The zero-order valence-corrected chi connectivity index (χ0v) is 14.4. The predicted octanol–water partition coefficient (Wildman–Crippen LogP) is 5.32. The van der Waals surface area contributed by atoms with Gasteiger partial charge in [0, 0.05) is 0 Å². The molecule has 4 aliphatic carbocycles. The molecule has 4 fully saturated rings. The number of rotatable bonds is 5. The second-order valence-corrected chi connectivity index (χ2v) is 7.93. The van der Waals surface area contributed by atoms with Crippen molar-refractivity contribution in [1.29, 1.82) is 0 Å². The summed E-state index contributed by atoms with van der Waals surface area (Å²) in [6.07, 6.45) is 8.77. The van der Waals surface area contributed by atoms with Crippen molar-refractivity contribution in [2.75, 3.05) is 6.61 Å². The van der Waals surface area contributed by atoms with Gasteiger partial charge in [-0.15, -0.1) is 0 Å². The molecule has 23 heavy (non-hydrogen) atoms. The fourth-order valence-corrected chi connectivity index (χ4v) is 5.53. The molecular formula is C21H28O2.